The summed E-state index contributed by atoms with van der Waals surface area (Å²) in [6, 6.07) is 11.0. The molecule has 3 aromatic rings. The second kappa shape index (κ2) is 10.4. The highest BCUT2D eigenvalue weighted by Crippen LogP contribution is 2.21. The first kappa shape index (κ1) is 25.2. The van der Waals surface area contributed by atoms with E-state index in [1.807, 2.05) is 11.5 Å². The topological polar surface area (TPSA) is 107 Å². The number of aryl methyl sites for hydroxylation is 1. The molecule has 0 radical (unpaired) electrons. The third kappa shape index (κ3) is 5.22. The van der Waals surface area contributed by atoms with Crippen LogP contribution in [-0.2, 0) is 26.0 Å². The number of hydrogen-bond donors (Lipinski definition) is 0. The van der Waals surface area contributed by atoms with Crippen molar-refractivity contribution in [2.75, 3.05) is 27.3 Å². The number of aromatic nitrogens is 1. The molecule has 1 saturated heterocycles. The fraction of sp³-hybridized carbons (Fsp3) is 0.375. The summed E-state index contributed by atoms with van der Waals surface area (Å²) in [5.41, 5.74) is 1.55. The zero-order valence-electron chi connectivity index (χ0n) is 19.8. The number of carbonyl (C=O) groups excluding carboxylic acids is 2. The second-order valence-electron chi connectivity index (χ2n) is 8.16. The van der Waals surface area contributed by atoms with Crippen LogP contribution in [0.2, 0.25) is 0 Å². The summed E-state index contributed by atoms with van der Waals surface area (Å²) in [5, 5.41) is 0. The highest BCUT2D eigenvalue weighted by Gasteiger charge is 2.26. The number of sulfonamides is 1. The minimum atomic E-state index is -3.70. The van der Waals surface area contributed by atoms with Crippen LogP contribution >= 0.6 is 11.3 Å². The molecule has 0 bridgehead atoms. The van der Waals surface area contributed by atoms with Gasteiger partial charge in [0.05, 0.1) is 33.9 Å². The summed E-state index contributed by atoms with van der Waals surface area (Å²) in [6.45, 7) is 3.47. The molecule has 1 aromatic heterocycles. The molecule has 4 rings (SSSR count). The van der Waals surface area contributed by atoms with Gasteiger partial charge in [-0.2, -0.15) is 9.30 Å². The number of methoxy groups -OCH3 is 1. The fourth-order valence-corrected chi connectivity index (χ4v) is 6.32. The molecule has 1 aliphatic heterocycles. The lowest BCUT2D eigenvalue weighted by Gasteiger charge is -2.20. The monoisotopic (exact) mass is 517 g/mol. The first-order chi connectivity index (χ1) is 16.7. The SMILES string of the molecule is CCn1c(=NC(=O)c2ccc(S(=O)(=O)N(C)CC3CCCO3)cc2)sc2cc(C(=O)OC)ccc21. The first-order valence-electron chi connectivity index (χ1n) is 11.2. The van der Waals surface area contributed by atoms with Gasteiger partial charge in [0, 0.05) is 32.3 Å². The van der Waals surface area contributed by atoms with Gasteiger partial charge < -0.3 is 14.0 Å². The van der Waals surface area contributed by atoms with Gasteiger partial charge in [-0.3, -0.25) is 4.79 Å². The maximum Gasteiger partial charge on any atom is 0.337 e. The number of benzene rings is 2. The number of thiazole rings is 1. The predicted octanol–water partition coefficient (Wildman–Crippen LogP) is 3.05. The first-order valence-corrected chi connectivity index (χ1v) is 13.5. The van der Waals surface area contributed by atoms with Crippen molar-refractivity contribution in [1.29, 1.82) is 0 Å². The minimum absolute atomic E-state index is 0.0929. The van der Waals surface area contributed by atoms with Crippen molar-refractivity contribution in [2.24, 2.45) is 4.99 Å². The van der Waals surface area contributed by atoms with Gasteiger partial charge in [-0.1, -0.05) is 11.3 Å². The average Bonchev–Trinajstić information content (AvgIpc) is 3.49. The molecule has 0 N–H and O–H groups in total. The normalized spacial score (nSPS) is 16.8. The Kier molecular flexibility index (Phi) is 7.50. The van der Waals surface area contributed by atoms with Crippen molar-refractivity contribution in [1.82, 2.24) is 8.87 Å². The molecule has 1 aliphatic rings. The zero-order valence-corrected chi connectivity index (χ0v) is 21.4. The molecule has 0 aliphatic carbocycles. The van der Waals surface area contributed by atoms with E-state index in [-0.39, 0.29) is 16.6 Å². The highest BCUT2D eigenvalue weighted by molar-refractivity contribution is 7.89. The summed E-state index contributed by atoms with van der Waals surface area (Å²) in [7, 11) is -0.843. The zero-order chi connectivity index (χ0) is 25.2. The smallest absolute Gasteiger partial charge is 0.337 e. The quantitative estimate of drug-likeness (QED) is 0.446. The standard InChI is InChI=1S/C24H27N3O6S2/c1-4-27-20-12-9-17(23(29)32-3)14-21(20)34-24(27)25-22(28)16-7-10-19(11-8-16)35(30,31)26(2)15-18-6-5-13-33-18/h7-12,14,18H,4-6,13,15H2,1-3H3. The van der Waals surface area contributed by atoms with Gasteiger partial charge in [0.15, 0.2) is 4.80 Å². The molecular formula is C24H27N3O6S2. The average molecular weight is 518 g/mol. The van der Waals surface area contributed by atoms with Crippen LogP contribution in [0.25, 0.3) is 10.2 Å². The van der Waals surface area contributed by atoms with Crippen LogP contribution < -0.4 is 4.80 Å². The molecule has 35 heavy (non-hydrogen) atoms. The fourth-order valence-electron chi connectivity index (χ4n) is 3.98. The van der Waals surface area contributed by atoms with E-state index in [2.05, 4.69) is 4.99 Å². The van der Waals surface area contributed by atoms with Gasteiger partial charge in [0.1, 0.15) is 0 Å². The van der Waals surface area contributed by atoms with Gasteiger partial charge in [0.25, 0.3) is 5.91 Å². The molecule has 1 fully saturated rings. The van der Waals surface area contributed by atoms with Crippen molar-refractivity contribution < 1.29 is 27.5 Å². The molecule has 2 aromatic carbocycles. The lowest BCUT2D eigenvalue weighted by atomic mass is 10.2. The van der Waals surface area contributed by atoms with Crippen molar-refractivity contribution in [3.63, 3.8) is 0 Å². The Bertz CT molecular complexity index is 1420. The summed E-state index contributed by atoms with van der Waals surface area (Å²) in [4.78, 5) is 29.6. The van der Waals surface area contributed by atoms with Crippen LogP contribution in [0.3, 0.4) is 0 Å². The lowest BCUT2D eigenvalue weighted by molar-refractivity contribution is 0.0600. The van der Waals surface area contributed by atoms with Gasteiger partial charge in [0.2, 0.25) is 10.0 Å². The Labute approximate surface area is 207 Å². The van der Waals surface area contributed by atoms with E-state index in [0.29, 0.717) is 30.1 Å². The number of ether oxygens (including phenoxy) is 2. The number of rotatable bonds is 7. The van der Waals surface area contributed by atoms with E-state index in [1.54, 1.807) is 18.2 Å². The van der Waals surface area contributed by atoms with Gasteiger partial charge in [-0.15, -0.1) is 0 Å². The van der Waals surface area contributed by atoms with Crippen molar-refractivity contribution in [3.8, 4) is 0 Å². The highest BCUT2D eigenvalue weighted by atomic mass is 32.2. The van der Waals surface area contributed by atoms with Gasteiger partial charge in [-0.05, 0) is 62.2 Å². The van der Waals surface area contributed by atoms with Crippen LogP contribution in [0.5, 0.6) is 0 Å². The van der Waals surface area contributed by atoms with Crippen LogP contribution in [0.15, 0.2) is 52.4 Å². The molecule has 2 heterocycles. The van der Waals surface area contributed by atoms with Crippen LogP contribution in [0.1, 0.15) is 40.5 Å². The van der Waals surface area contributed by atoms with Crippen molar-refractivity contribution >= 4 is 43.5 Å². The van der Waals surface area contributed by atoms with Crippen LogP contribution in [0.4, 0.5) is 0 Å². The van der Waals surface area contributed by atoms with E-state index >= 15 is 0 Å². The molecule has 9 nitrogen and oxygen atoms in total. The van der Waals surface area contributed by atoms with Gasteiger partial charge >= 0.3 is 5.97 Å². The van der Waals surface area contributed by atoms with E-state index < -0.39 is 21.9 Å². The Hall–Kier alpha value is -2.86. The van der Waals surface area contributed by atoms with E-state index in [0.717, 1.165) is 23.1 Å². The molecule has 186 valence electrons. The number of fused-ring (bicyclic) bond motifs is 1. The number of esters is 1. The third-order valence-electron chi connectivity index (χ3n) is 5.91. The Morgan fingerprint density at radius 1 is 1.20 bits per heavy atom. The molecule has 1 atom stereocenters. The number of carbonyl (C=O) groups is 2. The second-order valence-corrected chi connectivity index (χ2v) is 11.2. The molecule has 1 unspecified atom stereocenters. The van der Waals surface area contributed by atoms with E-state index in [9.17, 15) is 18.0 Å². The van der Waals surface area contributed by atoms with Crippen LogP contribution in [0, 0.1) is 0 Å². The Morgan fingerprint density at radius 3 is 2.54 bits per heavy atom. The number of amides is 1. The maximum atomic E-state index is 12.9. The largest absolute Gasteiger partial charge is 0.465 e. The van der Waals surface area contributed by atoms with Gasteiger partial charge in [-0.25, -0.2) is 13.2 Å². The Morgan fingerprint density at radius 2 is 1.91 bits per heavy atom. The maximum absolute atomic E-state index is 12.9. The van der Waals surface area contributed by atoms with Crippen molar-refractivity contribution in [3.05, 3.63) is 58.4 Å². The number of hydrogen-bond acceptors (Lipinski definition) is 7. The molecule has 0 saturated carbocycles. The molecule has 0 spiro atoms. The lowest BCUT2D eigenvalue weighted by Crippen LogP contribution is -2.34. The number of likely N-dealkylation sites (N-methyl/N-ethyl adjacent to an activating group) is 1. The number of nitrogens with zero attached hydrogens (tertiary/aromatic N) is 3. The minimum Gasteiger partial charge on any atom is -0.465 e. The summed E-state index contributed by atoms with van der Waals surface area (Å²) >= 11 is 1.29. The molecule has 1 amide bonds. The van der Waals surface area contributed by atoms with Crippen molar-refractivity contribution in [2.45, 2.75) is 37.3 Å². The summed E-state index contributed by atoms with van der Waals surface area (Å²) in [6.07, 6.45) is 1.68. The third-order valence-corrected chi connectivity index (χ3v) is 8.79. The summed E-state index contributed by atoms with van der Waals surface area (Å²) < 4.78 is 40.1. The predicted molar refractivity (Wildman–Crippen MR) is 132 cm³/mol. The van der Waals surface area contributed by atoms with Crippen LogP contribution in [-0.4, -0.2) is 62.6 Å². The molecular weight excluding hydrogens is 490 g/mol. The van der Waals surface area contributed by atoms with E-state index in [4.69, 9.17) is 9.47 Å². The summed E-state index contributed by atoms with van der Waals surface area (Å²) in [5.74, 6) is -0.919. The Balaban J connectivity index is 1.59. The molecule has 11 heteroatoms. The van der Waals surface area contributed by atoms with E-state index in [1.165, 1.54) is 54.1 Å².